The number of aromatic nitrogens is 2. The molecule has 5 N–H and O–H groups in total. The van der Waals surface area contributed by atoms with Crippen LogP contribution in [0.3, 0.4) is 0 Å². The van der Waals surface area contributed by atoms with E-state index in [0.29, 0.717) is 47.8 Å². The normalized spacial score (nSPS) is 20.9. The first-order valence-electron chi connectivity index (χ1n) is 11.2. The van der Waals surface area contributed by atoms with Gasteiger partial charge in [-0.2, -0.15) is 0 Å². The van der Waals surface area contributed by atoms with Crippen molar-refractivity contribution in [3.05, 3.63) is 51.3 Å². The first kappa shape index (κ1) is 23.7. The lowest BCUT2D eigenvalue weighted by atomic mass is 9.87. The van der Waals surface area contributed by atoms with E-state index in [9.17, 15) is 9.59 Å². The van der Waals surface area contributed by atoms with Crippen LogP contribution >= 0.6 is 23.2 Å². The van der Waals surface area contributed by atoms with Gasteiger partial charge in [0, 0.05) is 25.0 Å². The fourth-order valence-corrected chi connectivity index (χ4v) is 4.98. The Bertz CT molecular complexity index is 1050. The molecule has 2 amide bonds. The summed E-state index contributed by atoms with van der Waals surface area (Å²) in [6.07, 6.45) is 6.06. The summed E-state index contributed by atoms with van der Waals surface area (Å²) in [5.74, 6) is 0.252. The zero-order valence-electron chi connectivity index (χ0n) is 18.3. The van der Waals surface area contributed by atoms with Gasteiger partial charge in [-0.1, -0.05) is 29.3 Å². The molecule has 10 heteroatoms. The SMILES string of the molecule is Nc1ncc2c(n1)CCC(CNC(=O)[C@@H]1CCCN1C(=O)[C@H](N)Cc1ccc(Cl)c(Cl)c1)C2. The molecule has 176 valence electrons. The smallest absolute Gasteiger partial charge is 0.242 e. The van der Waals surface area contributed by atoms with Crippen molar-refractivity contribution < 1.29 is 9.59 Å². The molecule has 1 fully saturated rings. The summed E-state index contributed by atoms with van der Waals surface area (Å²) >= 11 is 12.0. The van der Waals surface area contributed by atoms with Gasteiger partial charge in [0.1, 0.15) is 6.04 Å². The Kier molecular flexibility index (Phi) is 7.36. The van der Waals surface area contributed by atoms with Crippen LogP contribution in [0.15, 0.2) is 24.4 Å². The van der Waals surface area contributed by atoms with Crippen LogP contribution in [-0.2, 0) is 28.9 Å². The van der Waals surface area contributed by atoms with Crippen molar-refractivity contribution >= 4 is 41.0 Å². The van der Waals surface area contributed by atoms with Crippen LogP contribution in [-0.4, -0.2) is 51.9 Å². The number of nitrogens with two attached hydrogens (primary N) is 2. The summed E-state index contributed by atoms with van der Waals surface area (Å²) in [4.78, 5) is 36.0. The number of aryl methyl sites for hydroxylation is 1. The lowest BCUT2D eigenvalue weighted by molar-refractivity contribution is -0.139. The first-order valence-corrected chi connectivity index (χ1v) is 12.0. The molecular weight excluding hydrogens is 463 g/mol. The number of benzene rings is 1. The average Bonchev–Trinajstić information content (AvgIpc) is 3.29. The third-order valence-electron chi connectivity index (χ3n) is 6.43. The molecule has 0 saturated carbocycles. The number of halogens is 2. The molecule has 2 heterocycles. The second kappa shape index (κ2) is 10.2. The predicted octanol–water partition coefficient (Wildman–Crippen LogP) is 2.15. The number of carbonyl (C=O) groups excluding carboxylic acids is 2. The number of amides is 2. The number of nitrogens with one attached hydrogen (secondary N) is 1. The molecule has 4 rings (SSSR count). The van der Waals surface area contributed by atoms with Gasteiger partial charge in [0.25, 0.3) is 0 Å². The number of rotatable bonds is 6. The second-order valence-electron chi connectivity index (χ2n) is 8.80. The topological polar surface area (TPSA) is 127 Å². The van der Waals surface area contributed by atoms with Crippen LogP contribution in [0.5, 0.6) is 0 Å². The van der Waals surface area contributed by atoms with Gasteiger partial charge in [0.2, 0.25) is 17.8 Å². The fraction of sp³-hybridized carbons (Fsp3) is 0.478. The highest BCUT2D eigenvalue weighted by atomic mass is 35.5. The van der Waals surface area contributed by atoms with Crippen LogP contribution in [0, 0.1) is 5.92 Å². The summed E-state index contributed by atoms with van der Waals surface area (Å²) in [5.41, 5.74) is 14.8. The standard InChI is InChI=1S/C23H28Cl2N6O2/c24-16-5-3-13(9-17(16)25)10-18(26)22(33)31-7-1-2-20(31)21(32)28-11-14-4-6-19-15(8-14)12-29-23(27)30-19/h3,5,9,12,14,18,20H,1-2,4,6-8,10-11,26H2,(H,28,32)(H2,27,29,30)/t14?,18-,20+/m1/s1. The molecule has 1 saturated heterocycles. The van der Waals surface area contributed by atoms with E-state index in [2.05, 4.69) is 15.3 Å². The summed E-state index contributed by atoms with van der Waals surface area (Å²) in [6, 6.07) is 3.96. The van der Waals surface area contributed by atoms with Gasteiger partial charge in [-0.25, -0.2) is 9.97 Å². The molecule has 1 unspecified atom stereocenters. The molecule has 3 atom stereocenters. The molecule has 1 aliphatic heterocycles. The maximum Gasteiger partial charge on any atom is 0.242 e. The average molecular weight is 491 g/mol. The lowest BCUT2D eigenvalue weighted by Gasteiger charge is -2.28. The van der Waals surface area contributed by atoms with Crippen molar-refractivity contribution in [2.75, 3.05) is 18.8 Å². The maximum atomic E-state index is 13.0. The zero-order valence-corrected chi connectivity index (χ0v) is 19.8. The lowest BCUT2D eigenvalue weighted by Crippen LogP contribution is -2.52. The van der Waals surface area contributed by atoms with Crippen molar-refractivity contribution in [2.45, 2.75) is 50.6 Å². The summed E-state index contributed by atoms with van der Waals surface area (Å²) in [7, 11) is 0. The van der Waals surface area contributed by atoms with Gasteiger partial charge in [0.05, 0.1) is 16.1 Å². The summed E-state index contributed by atoms with van der Waals surface area (Å²) in [6.45, 7) is 1.08. The molecule has 1 aliphatic carbocycles. The van der Waals surface area contributed by atoms with E-state index in [0.717, 1.165) is 42.5 Å². The largest absolute Gasteiger partial charge is 0.368 e. The first-order chi connectivity index (χ1) is 15.8. The molecule has 1 aromatic heterocycles. The van der Waals surface area contributed by atoms with E-state index in [1.807, 2.05) is 0 Å². The Morgan fingerprint density at radius 1 is 1.24 bits per heavy atom. The highest BCUT2D eigenvalue weighted by molar-refractivity contribution is 6.42. The van der Waals surface area contributed by atoms with Crippen molar-refractivity contribution in [3.8, 4) is 0 Å². The Morgan fingerprint density at radius 2 is 2.06 bits per heavy atom. The van der Waals surface area contributed by atoms with Gasteiger partial charge in [0.15, 0.2) is 0 Å². The summed E-state index contributed by atoms with van der Waals surface area (Å²) in [5, 5.41) is 3.93. The van der Waals surface area contributed by atoms with Crippen LogP contribution in [0.2, 0.25) is 10.0 Å². The quantitative estimate of drug-likeness (QED) is 0.568. The molecule has 8 nitrogen and oxygen atoms in total. The molecule has 1 aromatic carbocycles. The molecule has 0 spiro atoms. The highest BCUT2D eigenvalue weighted by Crippen LogP contribution is 2.25. The fourth-order valence-electron chi connectivity index (χ4n) is 4.66. The molecule has 2 aromatic rings. The Hall–Kier alpha value is -2.42. The Morgan fingerprint density at radius 3 is 2.85 bits per heavy atom. The monoisotopic (exact) mass is 490 g/mol. The number of fused-ring (bicyclic) bond motifs is 1. The Labute approximate surface area is 203 Å². The van der Waals surface area contributed by atoms with E-state index in [1.54, 1.807) is 29.3 Å². The number of likely N-dealkylation sites (tertiary alicyclic amines) is 1. The molecule has 0 bridgehead atoms. The van der Waals surface area contributed by atoms with E-state index < -0.39 is 12.1 Å². The van der Waals surface area contributed by atoms with Crippen molar-refractivity contribution in [2.24, 2.45) is 11.7 Å². The van der Waals surface area contributed by atoms with E-state index in [-0.39, 0.29) is 11.8 Å². The molecule has 2 aliphatic rings. The van der Waals surface area contributed by atoms with Crippen LogP contribution < -0.4 is 16.8 Å². The molecule has 33 heavy (non-hydrogen) atoms. The van der Waals surface area contributed by atoms with Gasteiger partial charge < -0.3 is 21.7 Å². The van der Waals surface area contributed by atoms with Crippen LogP contribution in [0.4, 0.5) is 5.95 Å². The van der Waals surface area contributed by atoms with Gasteiger partial charge in [-0.15, -0.1) is 0 Å². The predicted molar refractivity (Wildman–Crippen MR) is 128 cm³/mol. The number of anilines is 1. The third kappa shape index (κ3) is 5.57. The maximum absolute atomic E-state index is 13.0. The molecule has 0 radical (unpaired) electrons. The zero-order chi connectivity index (χ0) is 23.5. The van der Waals surface area contributed by atoms with Crippen molar-refractivity contribution in [3.63, 3.8) is 0 Å². The van der Waals surface area contributed by atoms with Crippen molar-refractivity contribution in [1.82, 2.24) is 20.2 Å². The minimum Gasteiger partial charge on any atom is -0.368 e. The third-order valence-corrected chi connectivity index (χ3v) is 7.17. The minimum atomic E-state index is -0.752. The number of carbonyl (C=O) groups is 2. The second-order valence-corrected chi connectivity index (χ2v) is 9.62. The van der Waals surface area contributed by atoms with Crippen molar-refractivity contribution in [1.29, 1.82) is 0 Å². The van der Waals surface area contributed by atoms with Gasteiger partial charge >= 0.3 is 0 Å². The minimum absolute atomic E-state index is 0.123. The van der Waals surface area contributed by atoms with Gasteiger partial charge in [-0.05, 0) is 67.7 Å². The Balaban J connectivity index is 1.31. The van der Waals surface area contributed by atoms with Gasteiger partial charge in [-0.3, -0.25) is 9.59 Å². The number of hydrogen-bond donors (Lipinski definition) is 3. The number of nitrogen functional groups attached to an aromatic ring is 1. The van der Waals surface area contributed by atoms with E-state index >= 15 is 0 Å². The highest BCUT2D eigenvalue weighted by Gasteiger charge is 2.36. The van der Waals surface area contributed by atoms with Crippen LogP contribution in [0.1, 0.15) is 36.1 Å². The van der Waals surface area contributed by atoms with Crippen LogP contribution in [0.25, 0.3) is 0 Å². The number of hydrogen-bond acceptors (Lipinski definition) is 6. The van der Waals surface area contributed by atoms with E-state index in [1.165, 1.54) is 0 Å². The molecular formula is C23H28Cl2N6O2. The summed E-state index contributed by atoms with van der Waals surface area (Å²) < 4.78 is 0. The number of nitrogens with zero attached hydrogens (tertiary/aromatic N) is 3. The van der Waals surface area contributed by atoms with E-state index in [4.69, 9.17) is 34.7 Å².